The smallest absolute Gasteiger partial charge is 0.124 e. The average Bonchev–Trinajstić information content (AvgIpc) is 2.07. The zero-order chi connectivity index (χ0) is 8.55. The van der Waals surface area contributed by atoms with Crippen molar-refractivity contribution < 1.29 is 4.74 Å². The van der Waals surface area contributed by atoms with Gasteiger partial charge in [-0.25, -0.2) is 0 Å². The highest BCUT2D eigenvalue weighted by molar-refractivity contribution is 5.67. The topological polar surface area (TPSA) is 61.3 Å². The van der Waals surface area contributed by atoms with Crippen molar-refractivity contribution in [1.29, 1.82) is 0 Å². The molecule has 0 saturated heterocycles. The van der Waals surface area contributed by atoms with Crippen molar-refractivity contribution in [2.45, 2.75) is 12.8 Å². The van der Waals surface area contributed by atoms with Crippen molar-refractivity contribution in [3.8, 4) is 5.75 Å². The number of fused-ring (bicyclic) bond motifs is 1. The van der Waals surface area contributed by atoms with Gasteiger partial charge in [0.2, 0.25) is 0 Å². The van der Waals surface area contributed by atoms with Crippen LogP contribution in [-0.4, -0.2) is 6.61 Å². The van der Waals surface area contributed by atoms with E-state index in [-0.39, 0.29) is 0 Å². The van der Waals surface area contributed by atoms with Crippen LogP contribution >= 0.6 is 0 Å². The lowest BCUT2D eigenvalue weighted by molar-refractivity contribution is 0.288. The van der Waals surface area contributed by atoms with Crippen molar-refractivity contribution >= 4 is 11.4 Å². The Morgan fingerprint density at radius 1 is 1.17 bits per heavy atom. The van der Waals surface area contributed by atoms with Crippen LogP contribution in [0.2, 0.25) is 0 Å². The third kappa shape index (κ3) is 1.07. The molecule has 0 atom stereocenters. The van der Waals surface area contributed by atoms with Crippen LogP contribution in [0.3, 0.4) is 0 Å². The van der Waals surface area contributed by atoms with E-state index in [4.69, 9.17) is 16.2 Å². The van der Waals surface area contributed by atoms with Gasteiger partial charge in [0.15, 0.2) is 0 Å². The predicted octanol–water partition coefficient (Wildman–Crippen LogP) is 1.18. The molecule has 0 radical (unpaired) electrons. The van der Waals surface area contributed by atoms with Gasteiger partial charge in [-0.2, -0.15) is 0 Å². The summed E-state index contributed by atoms with van der Waals surface area (Å²) in [6, 6.07) is 3.72. The second-order valence-electron chi connectivity index (χ2n) is 3.04. The van der Waals surface area contributed by atoms with Crippen molar-refractivity contribution in [3.63, 3.8) is 0 Å². The minimum absolute atomic E-state index is 0.607. The van der Waals surface area contributed by atoms with E-state index >= 15 is 0 Å². The molecule has 3 nitrogen and oxygen atoms in total. The van der Waals surface area contributed by atoms with Crippen molar-refractivity contribution in [2.75, 3.05) is 18.1 Å². The molecule has 4 N–H and O–H groups in total. The van der Waals surface area contributed by atoms with E-state index in [0.717, 1.165) is 25.2 Å². The number of anilines is 2. The monoisotopic (exact) mass is 164 g/mol. The van der Waals surface area contributed by atoms with Crippen LogP contribution in [-0.2, 0) is 6.42 Å². The molecule has 0 amide bonds. The number of nitrogens with two attached hydrogens (primary N) is 2. The zero-order valence-corrected chi connectivity index (χ0v) is 6.84. The van der Waals surface area contributed by atoms with Crippen LogP contribution in [0.4, 0.5) is 11.4 Å². The Morgan fingerprint density at radius 3 is 2.75 bits per heavy atom. The maximum Gasteiger partial charge on any atom is 0.124 e. The largest absolute Gasteiger partial charge is 0.493 e. The Hall–Kier alpha value is -1.38. The fourth-order valence-electron chi connectivity index (χ4n) is 1.43. The molecule has 1 aliphatic heterocycles. The Bertz CT molecular complexity index is 279. The molecule has 64 valence electrons. The third-order valence-corrected chi connectivity index (χ3v) is 2.11. The lowest BCUT2D eigenvalue weighted by Gasteiger charge is -2.18. The van der Waals surface area contributed by atoms with Gasteiger partial charge in [0.05, 0.1) is 18.0 Å². The summed E-state index contributed by atoms with van der Waals surface area (Å²) in [6.07, 6.45) is 2.11. The number of aryl methyl sites for hydroxylation is 1. The van der Waals surface area contributed by atoms with E-state index in [1.807, 2.05) is 12.1 Å². The highest BCUT2D eigenvalue weighted by Gasteiger charge is 2.11. The summed E-state index contributed by atoms with van der Waals surface area (Å²) >= 11 is 0. The number of hydrogen-bond acceptors (Lipinski definition) is 3. The fourth-order valence-corrected chi connectivity index (χ4v) is 1.43. The molecule has 0 fully saturated rings. The van der Waals surface area contributed by atoms with Crippen LogP contribution in [0.25, 0.3) is 0 Å². The van der Waals surface area contributed by atoms with E-state index in [1.54, 1.807) is 0 Å². The highest BCUT2D eigenvalue weighted by Crippen LogP contribution is 2.30. The SMILES string of the molecule is Nc1cc2c(cc1N)OCCC2. The number of hydrogen-bond donors (Lipinski definition) is 2. The van der Waals surface area contributed by atoms with Gasteiger partial charge in [0.1, 0.15) is 5.75 Å². The Labute approximate surface area is 71.3 Å². The minimum atomic E-state index is 0.607. The summed E-state index contributed by atoms with van der Waals surface area (Å²) < 4.78 is 5.42. The summed E-state index contributed by atoms with van der Waals surface area (Å²) in [5, 5.41) is 0. The van der Waals surface area contributed by atoms with Crippen LogP contribution in [0.15, 0.2) is 12.1 Å². The maximum absolute atomic E-state index is 5.66. The lowest BCUT2D eigenvalue weighted by Crippen LogP contribution is -2.09. The first kappa shape index (κ1) is 7.28. The summed E-state index contributed by atoms with van der Waals surface area (Å²) in [5.41, 5.74) is 13.7. The van der Waals surface area contributed by atoms with Gasteiger partial charge >= 0.3 is 0 Å². The van der Waals surface area contributed by atoms with Gasteiger partial charge < -0.3 is 16.2 Å². The molecule has 12 heavy (non-hydrogen) atoms. The molecule has 0 saturated carbocycles. The molecule has 0 unspecified atom stereocenters. The minimum Gasteiger partial charge on any atom is -0.493 e. The van der Waals surface area contributed by atoms with E-state index in [2.05, 4.69) is 0 Å². The number of ether oxygens (including phenoxy) is 1. The molecule has 0 aromatic heterocycles. The first-order valence-corrected chi connectivity index (χ1v) is 4.08. The van der Waals surface area contributed by atoms with Crippen LogP contribution in [0.1, 0.15) is 12.0 Å². The zero-order valence-electron chi connectivity index (χ0n) is 6.84. The highest BCUT2D eigenvalue weighted by atomic mass is 16.5. The molecule has 0 bridgehead atoms. The summed E-state index contributed by atoms with van der Waals surface area (Å²) in [6.45, 7) is 0.788. The van der Waals surface area contributed by atoms with Crippen molar-refractivity contribution in [2.24, 2.45) is 0 Å². The van der Waals surface area contributed by atoms with Crippen LogP contribution < -0.4 is 16.2 Å². The summed E-state index contributed by atoms with van der Waals surface area (Å²) in [4.78, 5) is 0. The molecule has 1 aromatic rings. The average molecular weight is 164 g/mol. The molecule has 0 aliphatic carbocycles. The Morgan fingerprint density at radius 2 is 1.92 bits per heavy atom. The van der Waals surface area contributed by atoms with Gasteiger partial charge in [0.25, 0.3) is 0 Å². The summed E-state index contributed by atoms with van der Waals surface area (Å²) in [5.74, 6) is 0.896. The molecule has 2 rings (SSSR count). The number of benzene rings is 1. The number of rotatable bonds is 0. The van der Waals surface area contributed by atoms with Crippen LogP contribution in [0, 0.1) is 0 Å². The van der Waals surface area contributed by atoms with E-state index < -0.39 is 0 Å². The first-order valence-electron chi connectivity index (χ1n) is 4.08. The molecule has 1 aliphatic rings. The van der Waals surface area contributed by atoms with E-state index in [1.165, 1.54) is 5.56 Å². The van der Waals surface area contributed by atoms with E-state index in [0.29, 0.717) is 11.4 Å². The number of nitrogen functional groups attached to an aromatic ring is 2. The molecular formula is C9H12N2O. The maximum atomic E-state index is 5.66. The molecule has 0 spiro atoms. The molecule has 1 heterocycles. The van der Waals surface area contributed by atoms with Gasteiger partial charge in [-0.3, -0.25) is 0 Å². The Kier molecular flexibility index (Phi) is 1.57. The standard InChI is InChI=1S/C9H12N2O/c10-7-4-6-2-1-3-12-9(6)5-8(7)11/h4-5H,1-3,10-11H2. The van der Waals surface area contributed by atoms with Crippen molar-refractivity contribution in [1.82, 2.24) is 0 Å². The molecular weight excluding hydrogens is 152 g/mol. The lowest BCUT2D eigenvalue weighted by atomic mass is 10.1. The van der Waals surface area contributed by atoms with Gasteiger partial charge in [-0.05, 0) is 24.5 Å². The van der Waals surface area contributed by atoms with Gasteiger partial charge in [-0.1, -0.05) is 0 Å². The van der Waals surface area contributed by atoms with Crippen LogP contribution in [0.5, 0.6) is 5.75 Å². The third-order valence-electron chi connectivity index (χ3n) is 2.11. The first-order chi connectivity index (χ1) is 5.77. The predicted molar refractivity (Wildman–Crippen MR) is 49.1 cm³/mol. The fraction of sp³-hybridized carbons (Fsp3) is 0.333. The Balaban J connectivity index is 2.49. The van der Waals surface area contributed by atoms with Crippen molar-refractivity contribution in [3.05, 3.63) is 17.7 Å². The molecule has 3 heteroatoms. The second-order valence-corrected chi connectivity index (χ2v) is 3.04. The molecule has 1 aromatic carbocycles. The van der Waals surface area contributed by atoms with E-state index in [9.17, 15) is 0 Å². The summed E-state index contributed by atoms with van der Waals surface area (Å²) in [7, 11) is 0. The normalized spacial score (nSPS) is 15.0. The quantitative estimate of drug-likeness (QED) is 0.566. The van der Waals surface area contributed by atoms with Gasteiger partial charge in [-0.15, -0.1) is 0 Å². The second kappa shape index (κ2) is 2.59. The van der Waals surface area contributed by atoms with Gasteiger partial charge in [0, 0.05) is 6.07 Å².